The molecule has 0 saturated heterocycles. The molecular formula is C29H48O4. The van der Waals surface area contributed by atoms with E-state index >= 15 is 0 Å². The van der Waals surface area contributed by atoms with Crippen LogP contribution in [0.15, 0.2) is 34.9 Å². The van der Waals surface area contributed by atoms with Gasteiger partial charge in [-0.15, -0.1) is 0 Å². The normalized spacial score (nSPS) is 35.0. The van der Waals surface area contributed by atoms with Crippen LogP contribution in [0.25, 0.3) is 0 Å². The first-order chi connectivity index (χ1) is 15.5. The fraction of sp³-hybridized carbons (Fsp3) is 0.793. The van der Waals surface area contributed by atoms with Crippen molar-refractivity contribution in [2.45, 2.75) is 116 Å². The van der Waals surface area contributed by atoms with Gasteiger partial charge < -0.3 is 20.4 Å². The molecule has 4 heteroatoms. The fourth-order valence-electron chi connectivity index (χ4n) is 7.17. The van der Waals surface area contributed by atoms with Crippen molar-refractivity contribution in [3.05, 3.63) is 34.9 Å². The highest BCUT2D eigenvalue weighted by molar-refractivity contribution is 5.30. The predicted octanol–water partition coefficient (Wildman–Crippen LogP) is 5.46. The van der Waals surface area contributed by atoms with Crippen molar-refractivity contribution in [1.29, 1.82) is 0 Å². The van der Waals surface area contributed by atoms with E-state index in [2.05, 4.69) is 26.0 Å². The summed E-state index contributed by atoms with van der Waals surface area (Å²) in [6.45, 7) is 8.81. The zero-order valence-corrected chi connectivity index (χ0v) is 21.4. The monoisotopic (exact) mass is 460 g/mol. The topological polar surface area (TPSA) is 80.9 Å². The maximum absolute atomic E-state index is 10.5. The molecule has 0 heterocycles. The summed E-state index contributed by atoms with van der Waals surface area (Å²) >= 11 is 0. The van der Waals surface area contributed by atoms with E-state index in [0.29, 0.717) is 42.1 Å². The molecule has 0 aromatic heterocycles. The maximum Gasteiger partial charge on any atom is 0.0812 e. The number of aliphatic hydroxyl groups is 4. The van der Waals surface area contributed by atoms with E-state index in [4.69, 9.17) is 5.11 Å². The maximum atomic E-state index is 10.5. The Labute approximate surface area is 201 Å². The molecule has 3 fully saturated rings. The molecule has 188 valence electrons. The lowest BCUT2D eigenvalue weighted by atomic mass is 9.60. The van der Waals surface area contributed by atoms with Crippen molar-refractivity contribution in [3.63, 3.8) is 0 Å². The third-order valence-corrected chi connectivity index (χ3v) is 8.90. The molecule has 6 atom stereocenters. The zero-order valence-electron chi connectivity index (χ0n) is 21.4. The Morgan fingerprint density at radius 1 is 1.12 bits per heavy atom. The average molecular weight is 461 g/mol. The molecule has 0 radical (unpaired) electrons. The van der Waals surface area contributed by atoms with Crippen molar-refractivity contribution >= 4 is 0 Å². The molecule has 0 aromatic carbocycles. The SMILES string of the molecule is C[C@H](CCCC(C)(C)O)C1CCC2C(=CC=C3C[C@@H](O)C(=CCCO)[C@H](O)C3)CCC[C@@]21C. The minimum absolute atomic E-state index is 0.0386. The molecule has 4 nitrogen and oxygen atoms in total. The number of hydrogen-bond acceptors (Lipinski definition) is 4. The van der Waals surface area contributed by atoms with Crippen molar-refractivity contribution in [3.8, 4) is 0 Å². The summed E-state index contributed by atoms with van der Waals surface area (Å²) < 4.78 is 0. The number of fused-ring (bicyclic) bond motifs is 1. The lowest BCUT2D eigenvalue weighted by Crippen LogP contribution is -2.36. The van der Waals surface area contributed by atoms with Crippen LogP contribution in [-0.4, -0.2) is 44.8 Å². The van der Waals surface area contributed by atoms with E-state index in [9.17, 15) is 15.3 Å². The molecule has 3 aliphatic rings. The van der Waals surface area contributed by atoms with Crippen LogP contribution in [-0.2, 0) is 0 Å². The number of allylic oxidation sites excluding steroid dienone is 3. The first kappa shape index (κ1) is 26.7. The molecule has 2 unspecified atom stereocenters. The second kappa shape index (κ2) is 11.2. The Morgan fingerprint density at radius 2 is 1.82 bits per heavy atom. The van der Waals surface area contributed by atoms with Gasteiger partial charge in [0.25, 0.3) is 0 Å². The lowest BCUT2D eigenvalue weighted by molar-refractivity contribution is 0.0596. The van der Waals surface area contributed by atoms with Crippen LogP contribution in [0.4, 0.5) is 0 Å². The quantitative estimate of drug-likeness (QED) is 0.363. The molecule has 3 rings (SSSR count). The summed E-state index contributed by atoms with van der Waals surface area (Å²) in [6.07, 6.45) is 16.1. The van der Waals surface area contributed by atoms with Gasteiger partial charge in [-0.25, -0.2) is 0 Å². The molecular weight excluding hydrogens is 412 g/mol. The largest absolute Gasteiger partial charge is 0.396 e. The second-order valence-corrected chi connectivity index (χ2v) is 12.0. The molecule has 0 amide bonds. The lowest BCUT2D eigenvalue weighted by Gasteiger charge is -2.44. The average Bonchev–Trinajstić information content (AvgIpc) is 3.08. The van der Waals surface area contributed by atoms with Gasteiger partial charge in [0, 0.05) is 6.61 Å². The first-order valence-electron chi connectivity index (χ1n) is 13.3. The number of aliphatic hydroxyl groups excluding tert-OH is 3. The van der Waals surface area contributed by atoms with E-state index in [0.717, 1.165) is 30.8 Å². The van der Waals surface area contributed by atoms with Crippen molar-refractivity contribution in [2.24, 2.45) is 23.2 Å². The number of hydrogen-bond donors (Lipinski definition) is 4. The van der Waals surface area contributed by atoms with E-state index in [1.807, 2.05) is 13.8 Å². The van der Waals surface area contributed by atoms with Gasteiger partial charge in [-0.2, -0.15) is 0 Å². The van der Waals surface area contributed by atoms with Gasteiger partial charge in [-0.1, -0.05) is 56.1 Å². The van der Waals surface area contributed by atoms with Crippen LogP contribution in [0.1, 0.15) is 98.3 Å². The molecule has 3 saturated carbocycles. The van der Waals surface area contributed by atoms with Gasteiger partial charge in [0.1, 0.15) is 0 Å². The Morgan fingerprint density at radius 3 is 2.45 bits per heavy atom. The van der Waals surface area contributed by atoms with Crippen LogP contribution in [0, 0.1) is 23.2 Å². The minimum Gasteiger partial charge on any atom is -0.396 e. The van der Waals surface area contributed by atoms with Crippen molar-refractivity contribution in [2.75, 3.05) is 6.61 Å². The number of rotatable bonds is 8. The molecule has 4 N–H and O–H groups in total. The van der Waals surface area contributed by atoms with Gasteiger partial charge >= 0.3 is 0 Å². The van der Waals surface area contributed by atoms with Gasteiger partial charge in [0.05, 0.1) is 17.8 Å². The molecule has 0 spiro atoms. The van der Waals surface area contributed by atoms with Crippen LogP contribution in [0.3, 0.4) is 0 Å². The summed E-state index contributed by atoms with van der Waals surface area (Å²) in [5.74, 6) is 2.08. The van der Waals surface area contributed by atoms with Crippen LogP contribution < -0.4 is 0 Å². The summed E-state index contributed by atoms with van der Waals surface area (Å²) in [7, 11) is 0. The summed E-state index contributed by atoms with van der Waals surface area (Å²) in [5, 5.41) is 40.1. The van der Waals surface area contributed by atoms with E-state index in [-0.39, 0.29) is 6.61 Å². The highest BCUT2D eigenvalue weighted by Gasteiger charge is 2.50. The molecule has 0 bridgehead atoms. The Hall–Kier alpha value is -0.940. The highest BCUT2D eigenvalue weighted by Crippen LogP contribution is 2.60. The van der Waals surface area contributed by atoms with E-state index in [1.54, 1.807) is 11.6 Å². The third kappa shape index (κ3) is 6.60. The summed E-state index contributed by atoms with van der Waals surface area (Å²) in [5.41, 5.74) is 3.14. The first-order valence-corrected chi connectivity index (χ1v) is 13.3. The zero-order chi connectivity index (χ0) is 24.2. The second-order valence-electron chi connectivity index (χ2n) is 12.0. The van der Waals surface area contributed by atoms with Crippen molar-refractivity contribution in [1.82, 2.24) is 0 Å². The Balaban J connectivity index is 1.66. The molecule has 3 aliphatic carbocycles. The molecule has 33 heavy (non-hydrogen) atoms. The van der Waals surface area contributed by atoms with Crippen LogP contribution in [0.5, 0.6) is 0 Å². The van der Waals surface area contributed by atoms with Crippen molar-refractivity contribution < 1.29 is 20.4 Å². The van der Waals surface area contributed by atoms with Gasteiger partial charge in [-0.05, 0) is 100 Å². The van der Waals surface area contributed by atoms with Gasteiger partial charge in [0.2, 0.25) is 0 Å². The highest BCUT2D eigenvalue weighted by atomic mass is 16.3. The van der Waals surface area contributed by atoms with Crippen LogP contribution in [0.2, 0.25) is 0 Å². The minimum atomic E-state index is -0.651. The fourth-order valence-corrected chi connectivity index (χ4v) is 7.17. The Kier molecular flexibility index (Phi) is 9.05. The van der Waals surface area contributed by atoms with Gasteiger partial charge in [-0.3, -0.25) is 0 Å². The van der Waals surface area contributed by atoms with Crippen LogP contribution >= 0.6 is 0 Å². The molecule has 0 aromatic rings. The smallest absolute Gasteiger partial charge is 0.0812 e. The van der Waals surface area contributed by atoms with E-state index in [1.165, 1.54) is 32.1 Å². The predicted molar refractivity (Wildman–Crippen MR) is 135 cm³/mol. The van der Waals surface area contributed by atoms with Gasteiger partial charge in [0.15, 0.2) is 0 Å². The third-order valence-electron chi connectivity index (χ3n) is 8.90. The summed E-state index contributed by atoms with van der Waals surface area (Å²) in [4.78, 5) is 0. The standard InChI is InChI=1S/C29H48O4/c1-20(8-5-15-28(2,3)33)24-13-14-25-22(9-6-16-29(24,25)4)12-11-21-18-26(31)23(10-7-17-30)27(32)19-21/h10-12,20,24-27,30-33H,5-9,13-19H2,1-4H3/t20-,24?,25?,26-,27-,29-/m1/s1. The summed E-state index contributed by atoms with van der Waals surface area (Å²) in [6, 6.07) is 0. The Bertz CT molecular complexity index is 727. The molecule has 0 aliphatic heterocycles. The van der Waals surface area contributed by atoms with E-state index < -0.39 is 17.8 Å².